The standard InChI is InChI=1S/C40H51N5O6/c1-23(2)30-21-26(38(47)44-14-12-29(13-15-44)43(3)4)10-11-32(30)45-33(36-34(50-5)8-7-9-35(36)51-6)22-31(42-45)37(46)41-40(39(48)49)27-17-24-16-25(19-27)20-28(40)18-24/h7-11,21-25,27-29H,12-20H2,1-6H3,(H,41,46)(H,48,49). The van der Waals surface area contributed by atoms with Crippen molar-refractivity contribution in [2.24, 2.45) is 23.7 Å². The van der Waals surface area contributed by atoms with E-state index in [9.17, 15) is 19.5 Å². The molecule has 4 saturated carbocycles. The number of rotatable bonds is 10. The van der Waals surface area contributed by atoms with Gasteiger partial charge in [0.15, 0.2) is 5.69 Å². The molecule has 5 aliphatic rings. The molecule has 0 unspecified atom stereocenters. The molecule has 2 aromatic carbocycles. The van der Waals surface area contributed by atoms with E-state index in [1.165, 1.54) is 6.42 Å². The first-order valence-electron chi connectivity index (χ1n) is 18.4. The number of methoxy groups -OCH3 is 2. The lowest BCUT2D eigenvalue weighted by atomic mass is 9.48. The number of likely N-dealkylation sites (tertiary alicyclic amines) is 1. The third kappa shape index (κ3) is 6.07. The Labute approximate surface area is 300 Å². The first kappa shape index (κ1) is 35.0. The average molecular weight is 698 g/mol. The summed E-state index contributed by atoms with van der Waals surface area (Å²) in [4.78, 5) is 45.4. The van der Waals surface area contributed by atoms with Crippen LogP contribution in [0.3, 0.4) is 0 Å². The van der Waals surface area contributed by atoms with Crippen molar-refractivity contribution in [1.82, 2.24) is 24.9 Å². The molecule has 0 radical (unpaired) electrons. The van der Waals surface area contributed by atoms with Gasteiger partial charge < -0.3 is 29.7 Å². The van der Waals surface area contributed by atoms with E-state index in [4.69, 9.17) is 14.6 Å². The third-order valence-electron chi connectivity index (χ3n) is 12.3. The van der Waals surface area contributed by atoms with E-state index in [2.05, 4.69) is 38.2 Å². The number of carboxylic acids is 1. The van der Waals surface area contributed by atoms with Gasteiger partial charge >= 0.3 is 5.97 Å². The summed E-state index contributed by atoms with van der Waals surface area (Å²) in [6, 6.07) is 13.3. The van der Waals surface area contributed by atoms with Crippen molar-refractivity contribution in [3.63, 3.8) is 0 Å². The number of hydrogen-bond donors (Lipinski definition) is 2. The van der Waals surface area contributed by atoms with Gasteiger partial charge in [-0.3, -0.25) is 9.59 Å². The number of nitrogens with zero attached hydrogens (tertiary/aromatic N) is 4. The summed E-state index contributed by atoms with van der Waals surface area (Å²) in [7, 11) is 7.33. The zero-order chi connectivity index (χ0) is 36.2. The van der Waals surface area contributed by atoms with Crippen LogP contribution in [0.4, 0.5) is 0 Å². The average Bonchev–Trinajstić information content (AvgIpc) is 3.56. The predicted molar refractivity (Wildman–Crippen MR) is 194 cm³/mol. The minimum absolute atomic E-state index is 0.00226. The molecule has 0 spiro atoms. The summed E-state index contributed by atoms with van der Waals surface area (Å²) in [5.74, 6) is 0.474. The van der Waals surface area contributed by atoms with Crippen LogP contribution in [-0.4, -0.2) is 95.5 Å². The lowest BCUT2D eigenvalue weighted by Crippen LogP contribution is -2.70. The molecule has 1 aromatic heterocycles. The maximum Gasteiger partial charge on any atom is 0.330 e. The van der Waals surface area contributed by atoms with Crippen molar-refractivity contribution < 1.29 is 29.0 Å². The number of nitrogens with one attached hydrogen (secondary N) is 1. The number of benzene rings is 2. The number of carbonyl (C=O) groups excluding carboxylic acids is 2. The predicted octanol–water partition coefficient (Wildman–Crippen LogP) is 5.86. The van der Waals surface area contributed by atoms with Gasteiger partial charge in [0, 0.05) is 24.7 Å². The van der Waals surface area contributed by atoms with Crippen LogP contribution in [0.2, 0.25) is 0 Å². The minimum Gasteiger partial charge on any atom is -0.496 e. The van der Waals surface area contributed by atoms with Gasteiger partial charge in [0.05, 0.1) is 31.2 Å². The van der Waals surface area contributed by atoms with E-state index in [0.717, 1.165) is 44.1 Å². The van der Waals surface area contributed by atoms with Crippen LogP contribution >= 0.6 is 0 Å². The molecule has 0 atom stereocenters. The Balaban J connectivity index is 1.30. The number of ether oxygens (including phenoxy) is 2. The highest BCUT2D eigenvalue weighted by molar-refractivity contribution is 5.98. The van der Waals surface area contributed by atoms with Gasteiger partial charge in [-0.05, 0) is 131 Å². The summed E-state index contributed by atoms with van der Waals surface area (Å²) in [5.41, 5.74) is 2.15. The molecule has 1 saturated heterocycles. The fraction of sp³-hybridized carbons (Fsp3) is 0.550. The maximum atomic E-state index is 14.3. The van der Waals surface area contributed by atoms with Gasteiger partial charge in [-0.25, -0.2) is 9.48 Å². The van der Waals surface area contributed by atoms with E-state index < -0.39 is 17.4 Å². The van der Waals surface area contributed by atoms with Gasteiger partial charge in [0.1, 0.15) is 17.0 Å². The highest BCUT2D eigenvalue weighted by Crippen LogP contribution is 2.58. The Morgan fingerprint density at radius 3 is 2.06 bits per heavy atom. The summed E-state index contributed by atoms with van der Waals surface area (Å²) in [6.45, 7) is 5.55. The Morgan fingerprint density at radius 1 is 0.922 bits per heavy atom. The monoisotopic (exact) mass is 697 g/mol. The van der Waals surface area contributed by atoms with Crippen LogP contribution in [0.5, 0.6) is 11.5 Å². The van der Waals surface area contributed by atoms with Crippen LogP contribution < -0.4 is 14.8 Å². The molecule has 4 aliphatic carbocycles. The van der Waals surface area contributed by atoms with Crippen LogP contribution in [0, 0.1) is 23.7 Å². The number of aromatic nitrogens is 2. The molecular formula is C40H51N5O6. The molecule has 2 amide bonds. The van der Waals surface area contributed by atoms with Crippen molar-refractivity contribution in [2.75, 3.05) is 41.4 Å². The zero-order valence-corrected chi connectivity index (χ0v) is 30.6. The van der Waals surface area contributed by atoms with Crippen molar-refractivity contribution in [1.29, 1.82) is 0 Å². The van der Waals surface area contributed by atoms with Crippen LogP contribution in [0.25, 0.3) is 16.9 Å². The van der Waals surface area contributed by atoms with Crippen LogP contribution in [-0.2, 0) is 4.79 Å². The second-order valence-corrected chi connectivity index (χ2v) is 15.7. The lowest BCUT2D eigenvalue weighted by molar-refractivity contribution is -0.163. The molecule has 2 heterocycles. The highest BCUT2D eigenvalue weighted by Gasteiger charge is 2.62. The van der Waals surface area contributed by atoms with E-state index in [0.29, 0.717) is 65.0 Å². The largest absolute Gasteiger partial charge is 0.496 e. The first-order valence-corrected chi connectivity index (χ1v) is 18.4. The second kappa shape index (κ2) is 13.6. The fourth-order valence-electron chi connectivity index (χ4n) is 9.85. The van der Waals surface area contributed by atoms with E-state index in [1.54, 1.807) is 25.0 Å². The van der Waals surface area contributed by atoms with Crippen molar-refractivity contribution in [3.8, 4) is 28.4 Å². The van der Waals surface area contributed by atoms with Gasteiger partial charge in [0.25, 0.3) is 11.8 Å². The summed E-state index contributed by atoms with van der Waals surface area (Å²) >= 11 is 0. The highest BCUT2D eigenvalue weighted by atomic mass is 16.5. The van der Waals surface area contributed by atoms with Crippen LogP contribution in [0.15, 0.2) is 42.5 Å². The van der Waals surface area contributed by atoms with Gasteiger partial charge in [0.2, 0.25) is 0 Å². The van der Waals surface area contributed by atoms with Crippen molar-refractivity contribution in [3.05, 3.63) is 59.3 Å². The molecule has 11 nitrogen and oxygen atoms in total. The Bertz CT molecular complexity index is 1770. The summed E-state index contributed by atoms with van der Waals surface area (Å²) < 4.78 is 13.3. The van der Waals surface area contributed by atoms with Crippen molar-refractivity contribution >= 4 is 17.8 Å². The van der Waals surface area contributed by atoms with E-state index in [1.807, 2.05) is 41.3 Å². The molecule has 272 valence electrons. The molecule has 11 heteroatoms. The van der Waals surface area contributed by atoms with Gasteiger partial charge in [-0.15, -0.1) is 0 Å². The number of aliphatic carboxylic acids is 1. The molecule has 51 heavy (non-hydrogen) atoms. The summed E-state index contributed by atoms with van der Waals surface area (Å²) in [5, 5.41) is 18.7. The smallest absolute Gasteiger partial charge is 0.330 e. The Hall–Kier alpha value is -4.38. The molecule has 3 aromatic rings. The Kier molecular flexibility index (Phi) is 9.37. The SMILES string of the molecule is COc1cccc(OC)c1-c1cc(C(=O)NC2(C(=O)O)C3CC4CC(C3)CC2C4)nn1-c1ccc(C(=O)N2CCC(N(C)C)CC2)cc1C(C)C. The second-order valence-electron chi connectivity index (χ2n) is 15.7. The van der Waals surface area contributed by atoms with Gasteiger partial charge in [-0.1, -0.05) is 19.9 Å². The fourth-order valence-corrected chi connectivity index (χ4v) is 9.85. The quantitative estimate of drug-likeness (QED) is 0.270. The maximum absolute atomic E-state index is 14.3. The third-order valence-corrected chi connectivity index (χ3v) is 12.3. The zero-order valence-electron chi connectivity index (χ0n) is 30.6. The van der Waals surface area contributed by atoms with Gasteiger partial charge in [-0.2, -0.15) is 5.10 Å². The van der Waals surface area contributed by atoms with Crippen molar-refractivity contribution in [2.45, 2.75) is 76.3 Å². The number of piperidine rings is 1. The number of carbonyl (C=O) groups is 3. The topological polar surface area (TPSA) is 126 Å². The number of amides is 2. The molecule has 4 bridgehead atoms. The molecular weight excluding hydrogens is 646 g/mol. The summed E-state index contributed by atoms with van der Waals surface area (Å²) in [6.07, 6.45) is 6.34. The van der Waals surface area contributed by atoms with Crippen LogP contribution in [0.1, 0.15) is 91.1 Å². The minimum atomic E-state index is -1.32. The molecule has 1 aliphatic heterocycles. The Morgan fingerprint density at radius 2 is 1.53 bits per heavy atom. The molecule has 5 fully saturated rings. The molecule has 8 rings (SSSR count). The first-order chi connectivity index (χ1) is 24.4. The number of hydrogen-bond acceptors (Lipinski definition) is 7. The number of carboxylic acid groups (broad SMARTS) is 1. The normalized spacial score (nSPS) is 25.8. The lowest BCUT2D eigenvalue weighted by Gasteiger charge is -2.59. The van der Waals surface area contributed by atoms with E-state index in [-0.39, 0.29) is 29.4 Å². The van der Waals surface area contributed by atoms with E-state index >= 15 is 0 Å². The molecule has 2 N–H and O–H groups in total.